The summed E-state index contributed by atoms with van der Waals surface area (Å²) in [6, 6.07) is 0.167. The second-order valence-electron chi connectivity index (χ2n) is 8.16. The number of rotatable bonds is 3. The minimum atomic E-state index is -0.267. The third-order valence-electron chi connectivity index (χ3n) is 6.47. The van der Waals surface area contributed by atoms with E-state index in [0.717, 1.165) is 32.4 Å². The number of hydrogen-bond donors (Lipinski definition) is 1. The van der Waals surface area contributed by atoms with Crippen LogP contribution in [0.25, 0.3) is 0 Å². The van der Waals surface area contributed by atoms with Crippen LogP contribution in [0.3, 0.4) is 0 Å². The Morgan fingerprint density at radius 1 is 1.32 bits per heavy atom. The monoisotopic (exact) mass is 344 g/mol. The van der Waals surface area contributed by atoms with E-state index in [4.69, 9.17) is 10.5 Å². The van der Waals surface area contributed by atoms with E-state index in [1.807, 2.05) is 6.08 Å². The summed E-state index contributed by atoms with van der Waals surface area (Å²) in [6.45, 7) is 9.92. The van der Waals surface area contributed by atoms with Gasteiger partial charge in [0.1, 0.15) is 5.76 Å². The minimum Gasteiger partial charge on any atom is -0.410 e. The fourth-order valence-electron chi connectivity index (χ4n) is 4.70. The Morgan fingerprint density at radius 2 is 2.08 bits per heavy atom. The number of ether oxygens (including phenoxy) is 1. The maximum absolute atomic E-state index is 12.2. The van der Waals surface area contributed by atoms with E-state index < -0.39 is 0 Å². The molecule has 0 aromatic carbocycles. The summed E-state index contributed by atoms with van der Waals surface area (Å²) in [5.41, 5.74) is 9.32. The molecule has 2 fully saturated rings. The van der Waals surface area contributed by atoms with Crippen molar-refractivity contribution in [2.24, 2.45) is 17.1 Å². The summed E-state index contributed by atoms with van der Waals surface area (Å²) < 4.78 is 5.58. The van der Waals surface area contributed by atoms with E-state index in [1.165, 1.54) is 36.8 Å². The molecule has 4 nitrogen and oxygen atoms in total. The number of hydrogen-bond acceptors (Lipinski definition) is 3. The molecule has 3 aliphatic rings. The Balaban J connectivity index is 1.88. The lowest BCUT2D eigenvalue weighted by atomic mass is 9.60. The van der Waals surface area contributed by atoms with Crippen molar-refractivity contribution >= 4 is 6.09 Å². The zero-order valence-corrected chi connectivity index (χ0v) is 15.7. The van der Waals surface area contributed by atoms with Crippen LogP contribution in [0.1, 0.15) is 58.8 Å². The Kier molecular flexibility index (Phi) is 5.38. The van der Waals surface area contributed by atoms with Crippen molar-refractivity contribution in [2.45, 2.75) is 64.8 Å². The Morgan fingerprint density at radius 3 is 2.72 bits per heavy atom. The number of likely N-dealkylation sites (tertiary alicyclic amines) is 1. The van der Waals surface area contributed by atoms with Gasteiger partial charge in [0, 0.05) is 24.5 Å². The van der Waals surface area contributed by atoms with Crippen LogP contribution < -0.4 is 5.73 Å². The predicted octanol–water partition coefficient (Wildman–Crippen LogP) is 4.53. The summed E-state index contributed by atoms with van der Waals surface area (Å²) in [5, 5.41) is 0. The summed E-state index contributed by atoms with van der Waals surface area (Å²) in [4.78, 5) is 13.9. The molecule has 2 aliphatic carbocycles. The molecule has 2 bridgehead atoms. The van der Waals surface area contributed by atoms with Gasteiger partial charge in [-0.1, -0.05) is 38.3 Å². The SMILES string of the molecule is C=C/C(=C\C1=C(C)CC2CCCCC[C@@]1(C)[C@H]2N)OC(=O)N1CCC1. The highest BCUT2D eigenvalue weighted by Crippen LogP contribution is 2.49. The maximum atomic E-state index is 12.2. The van der Waals surface area contributed by atoms with Crippen LogP contribution in [0, 0.1) is 11.3 Å². The molecular weight excluding hydrogens is 312 g/mol. The van der Waals surface area contributed by atoms with Gasteiger partial charge in [0.25, 0.3) is 0 Å². The molecule has 1 saturated carbocycles. The van der Waals surface area contributed by atoms with Crippen LogP contribution in [0.5, 0.6) is 0 Å². The zero-order chi connectivity index (χ0) is 18.0. The lowest BCUT2D eigenvalue weighted by molar-refractivity contribution is 0.105. The number of carbonyl (C=O) groups is 1. The normalized spacial score (nSPS) is 33.2. The first-order chi connectivity index (χ1) is 12.0. The molecule has 1 aliphatic heterocycles. The fraction of sp³-hybridized carbons (Fsp3) is 0.667. The second kappa shape index (κ2) is 7.36. The van der Waals surface area contributed by atoms with E-state index in [2.05, 4.69) is 20.4 Å². The molecule has 3 rings (SSSR count). The summed E-state index contributed by atoms with van der Waals surface area (Å²) in [7, 11) is 0. The first-order valence-corrected chi connectivity index (χ1v) is 9.72. The highest BCUT2D eigenvalue weighted by molar-refractivity contribution is 5.70. The molecular formula is C21H32N2O2. The average molecular weight is 344 g/mol. The first kappa shape index (κ1) is 18.2. The van der Waals surface area contributed by atoms with E-state index in [0.29, 0.717) is 11.7 Å². The first-order valence-electron chi connectivity index (χ1n) is 9.72. The Hall–Kier alpha value is -1.55. The van der Waals surface area contributed by atoms with Crippen molar-refractivity contribution in [3.05, 3.63) is 35.6 Å². The fourth-order valence-corrected chi connectivity index (χ4v) is 4.70. The smallest absolute Gasteiger partial charge is 0.410 e. The number of nitrogens with two attached hydrogens (primary N) is 1. The van der Waals surface area contributed by atoms with Gasteiger partial charge in [0.2, 0.25) is 0 Å². The number of nitrogens with zero attached hydrogens (tertiary/aromatic N) is 1. The van der Waals surface area contributed by atoms with Gasteiger partial charge in [0.05, 0.1) is 0 Å². The molecule has 138 valence electrons. The van der Waals surface area contributed by atoms with Crippen molar-refractivity contribution < 1.29 is 9.53 Å². The van der Waals surface area contributed by atoms with Gasteiger partial charge in [-0.15, -0.1) is 0 Å². The van der Waals surface area contributed by atoms with Crippen LogP contribution in [-0.4, -0.2) is 30.1 Å². The molecule has 0 aromatic rings. The van der Waals surface area contributed by atoms with Crippen molar-refractivity contribution in [2.75, 3.05) is 13.1 Å². The lowest BCUT2D eigenvalue weighted by Crippen LogP contribution is -2.49. The molecule has 0 spiro atoms. The summed E-state index contributed by atoms with van der Waals surface area (Å²) in [6.07, 6.45) is 11.6. The van der Waals surface area contributed by atoms with E-state index >= 15 is 0 Å². The quantitative estimate of drug-likeness (QED) is 0.604. The number of allylic oxidation sites excluding steroid dienone is 3. The summed E-state index contributed by atoms with van der Waals surface area (Å²) >= 11 is 0. The Bertz CT molecular complexity index is 603. The highest BCUT2D eigenvalue weighted by Gasteiger charge is 2.43. The van der Waals surface area contributed by atoms with Crippen LogP contribution in [0.15, 0.2) is 35.6 Å². The van der Waals surface area contributed by atoms with Crippen LogP contribution in [0.4, 0.5) is 4.79 Å². The van der Waals surface area contributed by atoms with Gasteiger partial charge >= 0.3 is 6.09 Å². The molecule has 0 radical (unpaired) electrons. The number of carbonyl (C=O) groups excluding carboxylic acids is 1. The van der Waals surface area contributed by atoms with Crippen LogP contribution in [0.2, 0.25) is 0 Å². The Labute approximate surface area is 151 Å². The standard InChI is InChI=1S/C21H32N2O2/c1-4-17(25-20(24)23-11-8-12-23)14-18-15(2)13-16-9-6-5-7-10-21(18,3)19(16)22/h4,14,16,19H,1,5-13,22H2,2-3H3/b17-14+/t16?,19-,21+/m0/s1. The van der Waals surface area contributed by atoms with Crippen LogP contribution >= 0.6 is 0 Å². The van der Waals surface area contributed by atoms with Gasteiger partial charge in [-0.3, -0.25) is 0 Å². The summed E-state index contributed by atoms with van der Waals surface area (Å²) in [5.74, 6) is 1.11. The predicted molar refractivity (Wildman–Crippen MR) is 101 cm³/mol. The molecule has 1 unspecified atom stereocenters. The molecule has 1 saturated heterocycles. The van der Waals surface area contributed by atoms with Gasteiger partial charge in [-0.05, 0) is 56.3 Å². The van der Waals surface area contributed by atoms with E-state index in [1.54, 1.807) is 11.0 Å². The van der Waals surface area contributed by atoms with Crippen molar-refractivity contribution in [3.63, 3.8) is 0 Å². The number of fused-ring (bicyclic) bond motifs is 2. The van der Waals surface area contributed by atoms with Crippen molar-refractivity contribution in [1.29, 1.82) is 0 Å². The molecule has 25 heavy (non-hydrogen) atoms. The van der Waals surface area contributed by atoms with Crippen molar-refractivity contribution in [1.82, 2.24) is 4.90 Å². The molecule has 3 atom stereocenters. The van der Waals surface area contributed by atoms with Gasteiger partial charge < -0.3 is 15.4 Å². The van der Waals surface area contributed by atoms with Gasteiger partial charge in [0.15, 0.2) is 0 Å². The maximum Gasteiger partial charge on any atom is 0.415 e. The van der Waals surface area contributed by atoms with Gasteiger partial charge in [-0.25, -0.2) is 4.79 Å². The van der Waals surface area contributed by atoms with Crippen LogP contribution in [-0.2, 0) is 4.74 Å². The third-order valence-corrected chi connectivity index (χ3v) is 6.47. The molecule has 4 heteroatoms. The third kappa shape index (κ3) is 3.55. The molecule has 2 N–H and O–H groups in total. The average Bonchev–Trinajstić information content (AvgIpc) is 2.52. The van der Waals surface area contributed by atoms with E-state index in [-0.39, 0.29) is 17.6 Å². The number of amides is 1. The largest absolute Gasteiger partial charge is 0.415 e. The molecule has 1 heterocycles. The van der Waals surface area contributed by atoms with Crippen molar-refractivity contribution in [3.8, 4) is 0 Å². The van der Waals surface area contributed by atoms with Gasteiger partial charge in [-0.2, -0.15) is 0 Å². The zero-order valence-electron chi connectivity index (χ0n) is 15.7. The highest BCUT2D eigenvalue weighted by atomic mass is 16.6. The van der Waals surface area contributed by atoms with E-state index in [9.17, 15) is 4.79 Å². The molecule has 0 aromatic heterocycles. The minimum absolute atomic E-state index is 0.0508. The lowest BCUT2D eigenvalue weighted by Gasteiger charge is -2.47. The molecule has 1 amide bonds. The topological polar surface area (TPSA) is 55.6 Å². The second-order valence-corrected chi connectivity index (χ2v) is 8.16.